The Morgan fingerprint density at radius 1 is 1.37 bits per heavy atom. The molecule has 1 aromatic rings. The fourth-order valence-electron chi connectivity index (χ4n) is 2.90. The Bertz CT molecular complexity index is 463. The van der Waals surface area contributed by atoms with Crippen LogP contribution in [0, 0.1) is 17.7 Å². The highest BCUT2D eigenvalue weighted by Crippen LogP contribution is 2.31. The van der Waals surface area contributed by atoms with Gasteiger partial charge in [-0.25, -0.2) is 4.39 Å². The van der Waals surface area contributed by atoms with Gasteiger partial charge in [0.2, 0.25) is 0 Å². The van der Waals surface area contributed by atoms with Crippen molar-refractivity contribution in [1.82, 2.24) is 0 Å². The SMILES string of the molecule is NCC1CCCCC1C(=O)Cc1ccc(F)c(Br)c1. The fourth-order valence-corrected chi connectivity index (χ4v) is 3.32. The van der Waals surface area contributed by atoms with Crippen molar-refractivity contribution < 1.29 is 9.18 Å². The smallest absolute Gasteiger partial charge is 0.140 e. The van der Waals surface area contributed by atoms with Crippen LogP contribution >= 0.6 is 15.9 Å². The van der Waals surface area contributed by atoms with Crippen LogP contribution in [-0.2, 0) is 11.2 Å². The van der Waals surface area contributed by atoms with E-state index in [1.165, 1.54) is 12.5 Å². The zero-order valence-corrected chi connectivity index (χ0v) is 12.5. The lowest BCUT2D eigenvalue weighted by Gasteiger charge is -2.29. The maximum atomic E-state index is 13.2. The summed E-state index contributed by atoms with van der Waals surface area (Å²) < 4.78 is 13.6. The van der Waals surface area contributed by atoms with Crippen LogP contribution in [0.5, 0.6) is 0 Å². The molecular formula is C15H19BrFNO. The molecule has 0 saturated heterocycles. The Balaban J connectivity index is 2.05. The molecule has 1 saturated carbocycles. The number of ketones is 1. The summed E-state index contributed by atoms with van der Waals surface area (Å²) in [6.07, 6.45) is 4.66. The molecule has 2 rings (SSSR count). The largest absolute Gasteiger partial charge is 0.330 e. The Morgan fingerprint density at radius 3 is 2.79 bits per heavy atom. The van der Waals surface area contributed by atoms with Crippen LogP contribution in [0.25, 0.3) is 0 Å². The molecule has 2 atom stereocenters. The summed E-state index contributed by atoms with van der Waals surface area (Å²) in [4.78, 5) is 12.4. The summed E-state index contributed by atoms with van der Waals surface area (Å²) in [5.74, 6) is 0.357. The van der Waals surface area contributed by atoms with Gasteiger partial charge in [-0.15, -0.1) is 0 Å². The molecule has 2 N–H and O–H groups in total. The van der Waals surface area contributed by atoms with Crippen molar-refractivity contribution in [3.05, 3.63) is 34.1 Å². The number of carbonyl (C=O) groups is 1. The van der Waals surface area contributed by atoms with Crippen LogP contribution in [0.1, 0.15) is 31.2 Å². The molecule has 1 aliphatic carbocycles. The lowest BCUT2D eigenvalue weighted by Crippen LogP contribution is -2.33. The van der Waals surface area contributed by atoms with Crippen molar-refractivity contribution in [3.63, 3.8) is 0 Å². The predicted molar refractivity (Wildman–Crippen MR) is 77.3 cm³/mol. The fraction of sp³-hybridized carbons (Fsp3) is 0.533. The number of hydrogen-bond donors (Lipinski definition) is 1. The molecule has 4 heteroatoms. The highest BCUT2D eigenvalue weighted by atomic mass is 79.9. The summed E-state index contributed by atoms with van der Waals surface area (Å²) in [7, 11) is 0. The minimum absolute atomic E-state index is 0.0857. The van der Waals surface area contributed by atoms with Gasteiger partial charge in [-0.1, -0.05) is 18.9 Å². The van der Waals surface area contributed by atoms with Gasteiger partial charge in [0, 0.05) is 12.3 Å². The quantitative estimate of drug-likeness (QED) is 0.920. The number of rotatable bonds is 4. The maximum absolute atomic E-state index is 13.2. The molecule has 2 nitrogen and oxygen atoms in total. The van der Waals surface area contributed by atoms with Gasteiger partial charge in [-0.3, -0.25) is 4.79 Å². The Labute approximate surface area is 121 Å². The average Bonchev–Trinajstić information content (AvgIpc) is 2.43. The topological polar surface area (TPSA) is 43.1 Å². The standard InChI is InChI=1S/C15H19BrFNO/c16-13-7-10(5-6-14(13)17)8-15(19)12-4-2-1-3-11(12)9-18/h5-7,11-12H,1-4,8-9,18H2. The van der Waals surface area contributed by atoms with Crippen LogP contribution in [0.2, 0.25) is 0 Å². The first kappa shape index (κ1) is 14.7. The second kappa shape index (κ2) is 6.62. The number of Topliss-reactive ketones (excluding diaryl/α,β-unsaturated/α-hetero) is 1. The van der Waals surface area contributed by atoms with Crippen molar-refractivity contribution in [1.29, 1.82) is 0 Å². The molecule has 1 fully saturated rings. The van der Waals surface area contributed by atoms with Crippen LogP contribution in [0.15, 0.2) is 22.7 Å². The second-order valence-corrected chi connectivity index (χ2v) is 6.13. The minimum Gasteiger partial charge on any atom is -0.330 e. The van der Waals surface area contributed by atoms with Gasteiger partial charge in [-0.2, -0.15) is 0 Å². The molecule has 0 radical (unpaired) electrons. The van der Waals surface area contributed by atoms with Crippen LogP contribution < -0.4 is 5.73 Å². The van der Waals surface area contributed by atoms with Gasteiger partial charge < -0.3 is 5.73 Å². The molecule has 0 aliphatic heterocycles. The van der Waals surface area contributed by atoms with E-state index in [2.05, 4.69) is 15.9 Å². The molecule has 104 valence electrons. The van der Waals surface area contributed by atoms with E-state index < -0.39 is 0 Å². The van der Waals surface area contributed by atoms with E-state index in [1.807, 2.05) is 0 Å². The monoisotopic (exact) mass is 327 g/mol. The summed E-state index contributed by atoms with van der Waals surface area (Å²) in [6, 6.07) is 4.76. The van der Waals surface area contributed by atoms with Crippen LogP contribution in [0.4, 0.5) is 4.39 Å². The van der Waals surface area contributed by atoms with E-state index in [0.717, 1.165) is 24.8 Å². The lowest BCUT2D eigenvalue weighted by atomic mass is 9.76. The first-order valence-electron chi connectivity index (χ1n) is 6.78. The predicted octanol–water partition coefficient (Wildman–Crippen LogP) is 3.46. The highest BCUT2D eigenvalue weighted by molar-refractivity contribution is 9.10. The molecule has 0 bridgehead atoms. The van der Waals surface area contributed by atoms with E-state index >= 15 is 0 Å². The number of nitrogens with two attached hydrogens (primary N) is 1. The number of benzene rings is 1. The van der Waals surface area contributed by atoms with Crippen molar-refractivity contribution in [3.8, 4) is 0 Å². The van der Waals surface area contributed by atoms with Crippen molar-refractivity contribution in [2.45, 2.75) is 32.1 Å². The van der Waals surface area contributed by atoms with E-state index in [0.29, 0.717) is 23.4 Å². The first-order valence-corrected chi connectivity index (χ1v) is 7.58. The molecule has 0 amide bonds. The van der Waals surface area contributed by atoms with Crippen molar-refractivity contribution in [2.24, 2.45) is 17.6 Å². The lowest BCUT2D eigenvalue weighted by molar-refractivity contribution is -0.124. The molecule has 1 aliphatic rings. The molecule has 0 aromatic heterocycles. The number of hydrogen-bond acceptors (Lipinski definition) is 2. The summed E-state index contributed by atoms with van der Waals surface area (Å²) in [5.41, 5.74) is 6.62. The van der Waals surface area contributed by atoms with E-state index in [-0.39, 0.29) is 17.5 Å². The van der Waals surface area contributed by atoms with Gasteiger partial charge in [-0.05, 0) is 58.9 Å². The van der Waals surface area contributed by atoms with Gasteiger partial charge in [0.15, 0.2) is 0 Å². The van der Waals surface area contributed by atoms with Gasteiger partial charge >= 0.3 is 0 Å². The third-order valence-electron chi connectivity index (χ3n) is 3.99. The zero-order chi connectivity index (χ0) is 13.8. The molecule has 0 spiro atoms. The minimum atomic E-state index is -0.297. The zero-order valence-electron chi connectivity index (χ0n) is 10.9. The highest BCUT2D eigenvalue weighted by Gasteiger charge is 2.29. The number of halogens is 2. The second-order valence-electron chi connectivity index (χ2n) is 5.28. The van der Waals surface area contributed by atoms with Gasteiger partial charge in [0.05, 0.1) is 4.47 Å². The van der Waals surface area contributed by atoms with Crippen molar-refractivity contribution in [2.75, 3.05) is 6.54 Å². The van der Waals surface area contributed by atoms with E-state index in [1.54, 1.807) is 12.1 Å². The Morgan fingerprint density at radius 2 is 2.11 bits per heavy atom. The molecule has 19 heavy (non-hydrogen) atoms. The molecular weight excluding hydrogens is 309 g/mol. The maximum Gasteiger partial charge on any atom is 0.140 e. The summed E-state index contributed by atoms with van der Waals surface area (Å²) >= 11 is 3.15. The molecule has 2 unspecified atom stereocenters. The third kappa shape index (κ3) is 3.63. The van der Waals surface area contributed by atoms with Crippen LogP contribution in [-0.4, -0.2) is 12.3 Å². The van der Waals surface area contributed by atoms with E-state index in [9.17, 15) is 9.18 Å². The summed E-state index contributed by atoms with van der Waals surface area (Å²) in [5, 5.41) is 0. The Kier molecular flexibility index (Phi) is 5.11. The third-order valence-corrected chi connectivity index (χ3v) is 4.60. The average molecular weight is 328 g/mol. The summed E-state index contributed by atoms with van der Waals surface area (Å²) in [6.45, 7) is 0.587. The molecule has 1 aromatic carbocycles. The first-order chi connectivity index (χ1) is 9.11. The van der Waals surface area contributed by atoms with Gasteiger partial charge in [0.25, 0.3) is 0 Å². The normalized spacial score (nSPS) is 23.3. The van der Waals surface area contributed by atoms with Crippen LogP contribution in [0.3, 0.4) is 0 Å². The van der Waals surface area contributed by atoms with E-state index in [4.69, 9.17) is 5.73 Å². The number of carbonyl (C=O) groups excluding carboxylic acids is 1. The molecule has 0 heterocycles. The van der Waals surface area contributed by atoms with Crippen molar-refractivity contribution >= 4 is 21.7 Å². The Hall–Kier alpha value is -0.740. The van der Waals surface area contributed by atoms with Gasteiger partial charge in [0.1, 0.15) is 11.6 Å².